The van der Waals surface area contributed by atoms with Crippen molar-refractivity contribution in [3.8, 4) is 0 Å². The zero-order chi connectivity index (χ0) is 12.1. The molecule has 0 spiro atoms. The van der Waals surface area contributed by atoms with Crippen LogP contribution in [0.2, 0.25) is 0 Å². The summed E-state index contributed by atoms with van der Waals surface area (Å²) in [5, 5.41) is 30.6. The summed E-state index contributed by atoms with van der Waals surface area (Å²) < 4.78 is 0.560. The number of anilines is 1. The van der Waals surface area contributed by atoms with Crippen molar-refractivity contribution in [2.45, 2.75) is 6.42 Å². The lowest BCUT2D eigenvalue weighted by molar-refractivity contribution is -0.592. The molecule has 0 aliphatic rings. The van der Waals surface area contributed by atoms with Gasteiger partial charge < -0.3 is 10.3 Å². The number of hydrogen-bond donors (Lipinski definition) is 1. The number of aromatic nitrogens is 1. The first-order chi connectivity index (χ1) is 7.56. The Kier molecular flexibility index (Phi) is 4.01. The van der Waals surface area contributed by atoms with Crippen LogP contribution < -0.4 is 9.63 Å². The summed E-state index contributed by atoms with van der Waals surface area (Å²) in [7, 11) is 1.64. The summed E-state index contributed by atoms with van der Waals surface area (Å²) >= 11 is 0. The molecule has 1 N–H and O–H groups in total. The summed E-state index contributed by atoms with van der Waals surface area (Å²) in [6.07, 6.45) is 1.60. The minimum absolute atomic E-state index is 0.0120. The summed E-state index contributed by atoms with van der Waals surface area (Å²) in [4.78, 5) is 11.6. The molecule has 0 aliphatic heterocycles. The zero-order valence-corrected chi connectivity index (χ0v) is 8.87. The van der Waals surface area contributed by atoms with Gasteiger partial charge in [0.15, 0.2) is 0 Å². The summed E-state index contributed by atoms with van der Waals surface area (Å²) in [6, 6.07) is 2.36. The number of pyridine rings is 1. The molecule has 0 radical (unpaired) electrons. The molecule has 0 amide bonds. The quantitative estimate of drug-likeness (QED) is 0.332. The van der Waals surface area contributed by atoms with E-state index in [1.54, 1.807) is 11.9 Å². The Balaban J connectivity index is 2.92. The molecule has 7 heteroatoms. The summed E-state index contributed by atoms with van der Waals surface area (Å²) in [5.41, 5.74) is -0.127. The van der Waals surface area contributed by atoms with Crippen LogP contribution >= 0.6 is 0 Å². The third-order valence-electron chi connectivity index (χ3n) is 2.14. The van der Waals surface area contributed by atoms with Crippen molar-refractivity contribution < 1.29 is 14.8 Å². The minimum Gasteiger partial charge on any atom is -0.711 e. The van der Waals surface area contributed by atoms with E-state index in [9.17, 15) is 15.3 Å². The Morgan fingerprint density at radius 1 is 1.62 bits per heavy atom. The Hall–Kier alpha value is -1.89. The van der Waals surface area contributed by atoms with Gasteiger partial charge in [0.2, 0.25) is 0 Å². The average Bonchev–Trinajstić information content (AvgIpc) is 2.26. The molecule has 1 heterocycles. The van der Waals surface area contributed by atoms with Crippen molar-refractivity contribution in [1.29, 1.82) is 0 Å². The van der Waals surface area contributed by atoms with Crippen molar-refractivity contribution in [2.75, 3.05) is 25.1 Å². The molecule has 1 aromatic heterocycles. The second kappa shape index (κ2) is 5.26. The van der Waals surface area contributed by atoms with Crippen LogP contribution in [0.5, 0.6) is 0 Å². The zero-order valence-electron chi connectivity index (χ0n) is 8.87. The molecule has 0 unspecified atom stereocenters. The number of nitro groups is 1. The highest BCUT2D eigenvalue weighted by Gasteiger charge is 2.16. The summed E-state index contributed by atoms with van der Waals surface area (Å²) in [6.45, 7) is 0.470. The number of aliphatic hydroxyl groups is 1. The lowest BCUT2D eigenvalue weighted by atomic mass is 10.3. The molecule has 88 valence electrons. The predicted molar refractivity (Wildman–Crippen MR) is 57.0 cm³/mol. The van der Waals surface area contributed by atoms with Gasteiger partial charge in [0, 0.05) is 13.0 Å². The molecule has 7 nitrogen and oxygen atoms in total. The maximum atomic E-state index is 11.4. The van der Waals surface area contributed by atoms with E-state index in [0.717, 1.165) is 12.3 Å². The van der Waals surface area contributed by atoms with Gasteiger partial charge in [-0.1, -0.05) is 0 Å². The SMILES string of the molecule is CN(CCCO)c1cc([N+](=O)[O-])cc[n+]1[O-]. The van der Waals surface area contributed by atoms with Crippen molar-refractivity contribution in [3.05, 3.63) is 33.7 Å². The highest BCUT2D eigenvalue weighted by molar-refractivity contribution is 5.41. The van der Waals surface area contributed by atoms with Gasteiger partial charge in [-0.05, 0) is 0 Å². The molecular weight excluding hydrogens is 214 g/mol. The lowest BCUT2D eigenvalue weighted by Gasteiger charge is -2.15. The fourth-order valence-corrected chi connectivity index (χ4v) is 1.28. The molecule has 0 fully saturated rings. The van der Waals surface area contributed by atoms with Crippen LogP contribution in [0.1, 0.15) is 6.42 Å². The monoisotopic (exact) mass is 227 g/mol. The first-order valence-electron chi connectivity index (χ1n) is 4.76. The Labute approximate surface area is 92.3 Å². The molecule has 0 saturated carbocycles. The second-order valence-electron chi connectivity index (χ2n) is 3.32. The molecule has 0 atom stereocenters. The van der Waals surface area contributed by atoms with Crippen LogP contribution in [-0.4, -0.2) is 30.2 Å². The van der Waals surface area contributed by atoms with Gasteiger partial charge in [0.05, 0.1) is 24.6 Å². The third-order valence-corrected chi connectivity index (χ3v) is 2.14. The van der Waals surface area contributed by atoms with Gasteiger partial charge in [-0.15, -0.1) is 0 Å². The number of nitrogens with zero attached hydrogens (tertiary/aromatic N) is 3. The molecule has 0 bridgehead atoms. The maximum absolute atomic E-state index is 11.4. The van der Waals surface area contributed by atoms with E-state index in [4.69, 9.17) is 5.11 Å². The van der Waals surface area contributed by atoms with Gasteiger partial charge in [0.25, 0.3) is 11.5 Å². The maximum Gasteiger partial charge on any atom is 0.286 e. The van der Waals surface area contributed by atoms with E-state index in [1.807, 2.05) is 0 Å². The molecule has 0 aromatic carbocycles. The van der Waals surface area contributed by atoms with E-state index < -0.39 is 4.92 Å². The van der Waals surface area contributed by atoms with Crippen molar-refractivity contribution in [1.82, 2.24) is 0 Å². The van der Waals surface area contributed by atoms with Crippen molar-refractivity contribution >= 4 is 11.5 Å². The lowest BCUT2D eigenvalue weighted by Crippen LogP contribution is -2.36. The number of hydrogen-bond acceptors (Lipinski definition) is 5. The number of aliphatic hydroxyl groups excluding tert-OH is 1. The van der Waals surface area contributed by atoms with Crippen LogP contribution in [0, 0.1) is 15.3 Å². The standard InChI is InChI=1S/C9H13N3O4/c1-10(4-2-6-13)9-7-8(12(15)16)3-5-11(9)14/h3,5,7,13H,2,4,6H2,1H3. The number of rotatable bonds is 5. The van der Waals surface area contributed by atoms with Gasteiger partial charge >= 0.3 is 0 Å². The van der Waals surface area contributed by atoms with Crippen LogP contribution in [0.4, 0.5) is 11.5 Å². The normalized spacial score (nSPS) is 10.1. The molecule has 16 heavy (non-hydrogen) atoms. The van der Waals surface area contributed by atoms with Crippen molar-refractivity contribution in [2.24, 2.45) is 0 Å². The predicted octanol–water partition coefficient (Wildman–Crippen LogP) is 0.0468. The van der Waals surface area contributed by atoms with E-state index in [1.165, 1.54) is 6.07 Å². The fraction of sp³-hybridized carbons (Fsp3) is 0.444. The van der Waals surface area contributed by atoms with Gasteiger partial charge in [-0.25, -0.2) is 4.73 Å². The van der Waals surface area contributed by atoms with Crippen molar-refractivity contribution in [3.63, 3.8) is 0 Å². The molecule has 1 rings (SSSR count). The Morgan fingerprint density at radius 2 is 2.31 bits per heavy atom. The van der Waals surface area contributed by atoms with Gasteiger partial charge in [0.1, 0.15) is 12.3 Å². The first-order valence-corrected chi connectivity index (χ1v) is 4.76. The molecular formula is C9H13N3O4. The second-order valence-corrected chi connectivity index (χ2v) is 3.32. The minimum atomic E-state index is -0.552. The van der Waals surface area contributed by atoms with Gasteiger partial charge in [-0.2, -0.15) is 0 Å². The smallest absolute Gasteiger partial charge is 0.286 e. The molecule has 1 aromatic rings. The molecule has 0 saturated heterocycles. The van der Waals surface area contributed by atoms with E-state index >= 15 is 0 Å². The van der Waals surface area contributed by atoms with E-state index in [2.05, 4.69) is 0 Å². The largest absolute Gasteiger partial charge is 0.711 e. The first kappa shape index (κ1) is 12.2. The topological polar surface area (TPSA) is 93.5 Å². The highest BCUT2D eigenvalue weighted by atomic mass is 16.6. The molecule has 0 aliphatic carbocycles. The van der Waals surface area contributed by atoms with Crippen LogP contribution in [0.25, 0.3) is 0 Å². The van der Waals surface area contributed by atoms with E-state index in [-0.39, 0.29) is 18.1 Å². The fourth-order valence-electron chi connectivity index (χ4n) is 1.28. The Morgan fingerprint density at radius 3 is 2.88 bits per heavy atom. The Bertz CT molecular complexity index is 383. The third kappa shape index (κ3) is 2.80. The van der Waals surface area contributed by atoms with Crippen LogP contribution in [-0.2, 0) is 0 Å². The highest BCUT2D eigenvalue weighted by Crippen LogP contribution is 2.15. The summed E-state index contributed by atoms with van der Waals surface area (Å²) in [5.74, 6) is 0.197. The van der Waals surface area contributed by atoms with E-state index in [0.29, 0.717) is 17.7 Å². The van der Waals surface area contributed by atoms with Crippen LogP contribution in [0.3, 0.4) is 0 Å². The average molecular weight is 227 g/mol. The van der Waals surface area contributed by atoms with Crippen LogP contribution in [0.15, 0.2) is 18.3 Å². The van der Waals surface area contributed by atoms with Gasteiger partial charge in [-0.3, -0.25) is 15.0 Å².